The van der Waals surface area contributed by atoms with Gasteiger partial charge in [0, 0.05) is 49.4 Å². The normalized spacial score (nSPS) is 14.2. The van der Waals surface area contributed by atoms with Crippen LogP contribution in [0, 0.1) is 5.82 Å². The summed E-state index contributed by atoms with van der Waals surface area (Å²) in [4.78, 5) is 19.4. The van der Waals surface area contributed by atoms with Gasteiger partial charge in [-0.2, -0.15) is 0 Å². The Hall–Kier alpha value is -3.58. The number of hydrogen-bond donors (Lipinski definition) is 1. The molecule has 1 aliphatic rings. The van der Waals surface area contributed by atoms with Crippen molar-refractivity contribution in [2.45, 2.75) is 38.8 Å². The van der Waals surface area contributed by atoms with E-state index in [0.717, 1.165) is 54.8 Å². The van der Waals surface area contributed by atoms with E-state index in [1.807, 2.05) is 30.5 Å². The van der Waals surface area contributed by atoms with Gasteiger partial charge in [0.25, 0.3) is 5.91 Å². The van der Waals surface area contributed by atoms with Gasteiger partial charge >= 0.3 is 0 Å². The molecule has 0 saturated carbocycles. The van der Waals surface area contributed by atoms with Crippen molar-refractivity contribution in [2.75, 3.05) is 18.0 Å². The van der Waals surface area contributed by atoms with E-state index in [1.165, 1.54) is 12.1 Å². The number of fused-ring (bicyclic) bond motifs is 1. The van der Waals surface area contributed by atoms with Crippen LogP contribution in [0.3, 0.4) is 0 Å². The molecule has 0 spiro atoms. The zero-order valence-corrected chi connectivity index (χ0v) is 20.8. The average molecular weight is 507 g/mol. The maximum atomic E-state index is 13.1. The summed E-state index contributed by atoms with van der Waals surface area (Å²) < 4.78 is 20.9. The summed E-state index contributed by atoms with van der Waals surface area (Å²) in [7, 11) is 0. The number of ether oxygens (including phenoxy) is 1. The second-order valence-electron chi connectivity index (χ2n) is 8.93. The van der Waals surface area contributed by atoms with Crippen LogP contribution in [0.15, 0.2) is 67.0 Å². The number of halogens is 2. The Kier molecular flexibility index (Phi) is 7.09. The zero-order valence-electron chi connectivity index (χ0n) is 20.1. The molecule has 186 valence electrons. The van der Waals surface area contributed by atoms with E-state index >= 15 is 0 Å². The van der Waals surface area contributed by atoms with E-state index in [-0.39, 0.29) is 17.8 Å². The first-order chi connectivity index (χ1) is 17.5. The molecule has 0 unspecified atom stereocenters. The minimum Gasteiger partial charge on any atom is -0.490 e. The van der Waals surface area contributed by atoms with Gasteiger partial charge in [0.15, 0.2) is 0 Å². The first-order valence-electron chi connectivity index (χ1n) is 12.2. The van der Waals surface area contributed by atoms with Crippen LogP contribution in [0.4, 0.5) is 10.1 Å². The van der Waals surface area contributed by atoms with Crippen molar-refractivity contribution >= 4 is 28.8 Å². The fraction of sp³-hybridized carbons (Fsp3) is 0.286. The van der Waals surface area contributed by atoms with Crippen molar-refractivity contribution in [3.05, 3.63) is 94.7 Å². The van der Waals surface area contributed by atoms with Gasteiger partial charge in [-0.05, 0) is 66.1 Å². The Balaban J connectivity index is 1.23. The summed E-state index contributed by atoms with van der Waals surface area (Å²) in [6, 6.07) is 15.9. The third kappa shape index (κ3) is 5.16. The molecule has 8 heteroatoms. The van der Waals surface area contributed by atoms with E-state index in [9.17, 15) is 9.18 Å². The molecule has 1 saturated heterocycles. The fourth-order valence-electron chi connectivity index (χ4n) is 4.67. The molecule has 0 bridgehead atoms. The maximum Gasteiger partial charge on any atom is 0.270 e. The molecule has 0 atom stereocenters. The average Bonchev–Trinajstić information content (AvgIpc) is 3.33. The number of benzene rings is 2. The molecule has 1 N–H and O–H groups in total. The number of pyridine rings is 1. The number of amides is 1. The van der Waals surface area contributed by atoms with Crippen LogP contribution in [-0.4, -0.2) is 34.5 Å². The van der Waals surface area contributed by atoms with E-state index in [1.54, 1.807) is 22.7 Å². The lowest BCUT2D eigenvalue weighted by Gasteiger charge is -2.34. The molecule has 2 aromatic carbocycles. The molecular weight excluding hydrogens is 479 g/mol. The zero-order chi connectivity index (χ0) is 25.1. The summed E-state index contributed by atoms with van der Waals surface area (Å²) in [5, 5.41) is 3.65. The van der Waals surface area contributed by atoms with Gasteiger partial charge in [-0.1, -0.05) is 24.6 Å². The summed E-state index contributed by atoms with van der Waals surface area (Å²) in [5.74, 6) is 0.236. The molecule has 4 aromatic rings. The minimum absolute atomic E-state index is 0.0990. The topological polar surface area (TPSA) is 58.9 Å². The number of carbonyl (C=O) groups excluding carboxylic acids is 1. The summed E-state index contributed by atoms with van der Waals surface area (Å²) in [6.45, 7) is 4.12. The van der Waals surface area contributed by atoms with Crippen molar-refractivity contribution in [1.29, 1.82) is 0 Å². The monoisotopic (exact) mass is 506 g/mol. The van der Waals surface area contributed by atoms with Crippen LogP contribution in [-0.2, 0) is 13.0 Å². The van der Waals surface area contributed by atoms with Gasteiger partial charge in [0.05, 0.1) is 6.20 Å². The van der Waals surface area contributed by atoms with Crippen molar-refractivity contribution in [1.82, 2.24) is 14.7 Å². The fourth-order valence-corrected chi connectivity index (χ4v) is 4.97. The van der Waals surface area contributed by atoms with E-state index in [2.05, 4.69) is 28.2 Å². The largest absolute Gasteiger partial charge is 0.490 e. The number of hydrogen-bond acceptors (Lipinski definition) is 4. The van der Waals surface area contributed by atoms with Gasteiger partial charge in [0.1, 0.15) is 29.0 Å². The van der Waals surface area contributed by atoms with E-state index in [0.29, 0.717) is 23.0 Å². The molecule has 0 radical (unpaired) electrons. The molecule has 36 heavy (non-hydrogen) atoms. The first-order valence-corrected chi connectivity index (χ1v) is 12.6. The maximum absolute atomic E-state index is 13.1. The molecule has 1 aliphatic heterocycles. The Labute approximate surface area is 214 Å². The molecular formula is C28H28ClFN4O2. The van der Waals surface area contributed by atoms with Crippen molar-refractivity contribution in [3.63, 3.8) is 0 Å². The second kappa shape index (κ2) is 10.6. The predicted octanol–water partition coefficient (Wildman–Crippen LogP) is 5.67. The van der Waals surface area contributed by atoms with Crippen LogP contribution in [0.25, 0.3) is 5.65 Å². The highest BCUT2D eigenvalue weighted by molar-refractivity contribution is 6.31. The van der Waals surface area contributed by atoms with Crippen LogP contribution in [0.5, 0.6) is 5.75 Å². The van der Waals surface area contributed by atoms with Gasteiger partial charge in [-0.3, -0.25) is 9.20 Å². The number of rotatable bonds is 7. The number of aromatic nitrogens is 2. The van der Waals surface area contributed by atoms with Crippen LogP contribution in [0.1, 0.15) is 41.4 Å². The van der Waals surface area contributed by atoms with Gasteiger partial charge in [-0.25, -0.2) is 9.37 Å². The lowest BCUT2D eigenvalue weighted by molar-refractivity contribution is 0.0945. The number of aryl methyl sites for hydroxylation is 1. The summed E-state index contributed by atoms with van der Waals surface area (Å²) in [6.07, 6.45) is 6.05. The Morgan fingerprint density at radius 3 is 2.69 bits per heavy atom. The number of carbonyl (C=O) groups is 1. The SMILES string of the molecule is CCc1cc(N2CCC(Oc3ccc(F)cc3)CC2)cc(Cl)c1CNC(=O)c1cnc2ccccn12. The number of nitrogens with zero attached hydrogens (tertiary/aromatic N) is 3. The quantitative estimate of drug-likeness (QED) is 0.351. The van der Waals surface area contributed by atoms with Crippen LogP contribution < -0.4 is 15.0 Å². The predicted molar refractivity (Wildman–Crippen MR) is 139 cm³/mol. The lowest BCUT2D eigenvalue weighted by atomic mass is 10.0. The number of piperidine rings is 1. The lowest BCUT2D eigenvalue weighted by Crippen LogP contribution is -2.38. The molecule has 6 nitrogen and oxygen atoms in total. The molecule has 5 rings (SSSR count). The molecule has 0 aliphatic carbocycles. The number of anilines is 1. The van der Waals surface area contributed by atoms with Crippen molar-refractivity contribution in [3.8, 4) is 5.75 Å². The Bertz CT molecular complexity index is 1360. The highest BCUT2D eigenvalue weighted by Gasteiger charge is 2.22. The second-order valence-corrected chi connectivity index (χ2v) is 9.34. The van der Waals surface area contributed by atoms with Crippen molar-refractivity contribution < 1.29 is 13.9 Å². The highest BCUT2D eigenvalue weighted by Crippen LogP contribution is 2.31. The van der Waals surface area contributed by atoms with Gasteiger partial charge in [0.2, 0.25) is 0 Å². The standard InChI is InChI=1S/C28H28ClFN4O2/c1-2-19-15-21(33-13-10-23(11-14-33)36-22-8-6-20(30)7-9-22)16-25(29)24(19)17-32-28(35)26-18-31-27-5-3-4-12-34(26)27/h3-9,12,15-16,18,23H,2,10-11,13-14,17H2,1H3,(H,32,35). The Morgan fingerprint density at radius 1 is 1.17 bits per heavy atom. The molecule has 2 aromatic heterocycles. The highest BCUT2D eigenvalue weighted by atomic mass is 35.5. The Morgan fingerprint density at radius 2 is 1.94 bits per heavy atom. The summed E-state index contributed by atoms with van der Waals surface area (Å²) >= 11 is 6.73. The minimum atomic E-state index is -0.265. The number of imidazole rings is 1. The van der Waals surface area contributed by atoms with E-state index < -0.39 is 0 Å². The van der Waals surface area contributed by atoms with Crippen molar-refractivity contribution in [2.24, 2.45) is 0 Å². The van der Waals surface area contributed by atoms with Crippen LogP contribution in [0.2, 0.25) is 5.02 Å². The first kappa shape index (κ1) is 24.1. The van der Waals surface area contributed by atoms with Gasteiger partial charge in [-0.15, -0.1) is 0 Å². The number of nitrogens with one attached hydrogen (secondary N) is 1. The smallest absolute Gasteiger partial charge is 0.270 e. The molecule has 1 fully saturated rings. The molecule has 3 heterocycles. The molecule has 1 amide bonds. The van der Waals surface area contributed by atoms with Gasteiger partial charge < -0.3 is 15.0 Å². The summed E-state index contributed by atoms with van der Waals surface area (Å²) in [5.41, 5.74) is 4.34. The van der Waals surface area contributed by atoms with E-state index in [4.69, 9.17) is 16.3 Å². The third-order valence-electron chi connectivity index (χ3n) is 6.65. The van der Waals surface area contributed by atoms with Crippen LogP contribution >= 0.6 is 11.6 Å². The third-order valence-corrected chi connectivity index (χ3v) is 6.99.